The van der Waals surface area contributed by atoms with Crippen molar-refractivity contribution >= 4 is 5.91 Å². The van der Waals surface area contributed by atoms with Gasteiger partial charge in [0.2, 0.25) is 0 Å². The van der Waals surface area contributed by atoms with E-state index in [-0.39, 0.29) is 5.91 Å². The zero-order chi connectivity index (χ0) is 8.97. The summed E-state index contributed by atoms with van der Waals surface area (Å²) in [7, 11) is 0. The van der Waals surface area contributed by atoms with Gasteiger partial charge in [0.15, 0.2) is 0 Å². The number of hydrogen-bond acceptors (Lipinski definition) is 3. The number of H-pyrrole nitrogens is 1. The quantitative estimate of drug-likeness (QED) is 0.648. The summed E-state index contributed by atoms with van der Waals surface area (Å²) in [6.07, 6.45) is 2.87. The highest BCUT2D eigenvalue weighted by atomic mass is 16.1. The summed E-state index contributed by atoms with van der Waals surface area (Å²) in [5.74, 6) is -0.294. The van der Waals surface area contributed by atoms with Crippen molar-refractivity contribution < 1.29 is 4.79 Å². The van der Waals surface area contributed by atoms with Crippen molar-refractivity contribution in [3.8, 4) is 6.07 Å². The van der Waals surface area contributed by atoms with Crippen molar-refractivity contribution in [2.75, 3.05) is 0 Å². The molecule has 2 N–H and O–H groups in total. The fourth-order valence-corrected chi connectivity index (χ4v) is 0.687. The van der Waals surface area contributed by atoms with Crippen LogP contribution in [0.25, 0.3) is 0 Å². The molecule has 1 amide bonds. The molecule has 0 saturated heterocycles. The number of hydrogen-bond donors (Lipinski definition) is 2. The van der Waals surface area contributed by atoms with Gasteiger partial charge in [0.25, 0.3) is 5.91 Å². The molecule has 1 rings (SSSR count). The van der Waals surface area contributed by atoms with Crippen molar-refractivity contribution in [1.29, 1.82) is 5.26 Å². The predicted molar refractivity (Wildman–Crippen MR) is 41.1 cm³/mol. The van der Waals surface area contributed by atoms with Crippen LogP contribution in [0.2, 0.25) is 0 Å². The lowest BCUT2D eigenvalue weighted by atomic mass is 10.3. The number of nitriles is 1. The Labute approximate surface area is 69.4 Å². The molecule has 0 spiro atoms. The number of aromatic amines is 1. The highest BCUT2D eigenvalue weighted by Gasteiger charge is 2.08. The lowest BCUT2D eigenvalue weighted by Gasteiger charge is -2.02. The minimum absolute atomic E-state index is 0.294. The largest absolute Gasteiger partial charge is 0.336 e. The molecule has 1 atom stereocenters. The van der Waals surface area contributed by atoms with Gasteiger partial charge < -0.3 is 5.32 Å². The summed E-state index contributed by atoms with van der Waals surface area (Å²) in [6, 6.07) is 1.42. The minimum atomic E-state index is -0.479. The monoisotopic (exact) mass is 164 g/mol. The average Bonchev–Trinajstić information content (AvgIpc) is 2.56. The molecule has 0 aromatic carbocycles. The van der Waals surface area contributed by atoms with Crippen LogP contribution < -0.4 is 5.32 Å². The van der Waals surface area contributed by atoms with Crippen molar-refractivity contribution in [3.05, 3.63) is 18.0 Å². The molecule has 0 aliphatic heterocycles. The van der Waals surface area contributed by atoms with Crippen molar-refractivity contribution in [2.45, 2.75) is 13.0 Å². The fraction of sp³-hybridized carbons (Fsp3) is 0.286. The van der Waals surface area contributed by atoms with Gasteiger partial charge in [-0.2, -0.15) is 10.4 Å². The molecule has 0 fully saturated rings. The van der Waals surface area contributed by atoms with E-state index in [2.05, 4.69) is 15.5 Å². The van der Waals surface area contributed by atoms with E-state index in [1.165, 1.54) is 12.4 Å². The topological polar surface area (TPSA) is 81.6 Å². The Morgan fingerprint density at radius 3 is 3.17 bits per heavy atom. The molecule has 0 saturated carbocycles. The average molecular weight is 164 g/mol. The molecule has 0 aliphatic rings. The third-order valence-corrected chi connectivity index (χ3v) is 1.30. The van der Waals surface area contributed by atoms with E-state index in [4.69, 9.17) is 5.26 Å². The SMILES string of the molecule is CC(C#N)NC(=O)c1cn[nH]c1. The van der Waals surface area contributed by atoms with Gasteiger partial charge in [-0.3, -0.25) is 9.89 Å². The van der Waals surface area contributed by atoms with Gasteiger partial charge >= 0.3 is 0 Å². The Hall–Kier alpha value is -1.83. The van der Waals surface area contributed by atoms with Gasteiger partial charge in [0, 0.05) is 6.20 Å². The van der Waals surface area contributed by atoms with E-state index < -0.39 is 6.04 Å². The molecule has 0 radical (unpaired) electrons. The summed E-state index contributed by atoms with van der Waals surface area (Å²) in [5.41, 5.74) is 0.428. The first-order valence-electron chi connectivity index (χ1n) is 3.43. The summed E-state index contributed by atoms with van der Waals surface area (Å²) in [5, 5.41) is 17.0. The predicted octanol–water partition coefficient (Wildman–Crippen LogP) is 0.0516. The molecule has 0 aliphatic carbocycles. The van der Waals surface area contributed by atoms with E-state index in [0.29, 0.717) is 5.56 Å². The molecule has 5 heteroatoms. The summed E-state index contributed by atoms with van der Waals surface area (Å²) in [4.78, 5) is 11.2. The molecule has 1 aromatic heterocycles. The maximum Gasteiger partial charge on any atom is 0.255 e. The van der Waals surface area contributed by atoms with E-state index in [1.807, 2.05) is 6.07 Å². The number of carbonyl (C=O) groups excluding carboxylic acids is 1. The summed E-state index contributed by atoms with van der Waals surface area (Å²) in [6.45, 7) is 1.61. The van der Waals surface area contributed by atoms with Crippen LogP contribution in [0.15, 0.2) is 12.4 Å². The minimum Gasteiger partial charge on any atom is -0.336 e. The Morgan fingerprint density at radius 1 is 1.92 bits per heavy atom. The van der Waals surface area contributed by atoms with Crippen LogP contribution in [-0.4, -0.2) is 22.1 Å². The number of rotatable bonds is 2. The third kappa shape index (κ3) is 1.83. The van der Waals surface area contributed by atoms with Crippen LogP contribution in [0.1, 0.15) is 17.3 Å². The Kier molecular flexibility index (Phi) is 2.43. The number of amides is 1. The standard InChI is InChI=1S/C7H8N4O/c1-5(2-8)11-7(12)6-3-9-10-4-6/h3-5H,1H3,(H,9,10)(H,11,12). The molecule has 0 bridgehead atoms. The second-order valence-corrected chi connectivity index (χ2v) is 2.31. The van der Waals surface area contributed by atoms with Gasteiger partial charge in [-0.1, -0.05) is 0 Å². The van der Waals surface area contributed by atoms with Crippen LogP contribution in [0, 0.1) is 11.3 Å². The number of nitrogens with one attached hydrogen (secondary N) is 2. The zero-order valence-electron chi connectivity index (χ0n) is 6.53. The van der Waals surface area contributed by atoms with Gasteiger partial charge in [0.1, 0.15) is 6.04 Å². The van der Waals surface area contributed by atoms with Crippen molar-refractivity contribution in [3.63, 3.8) is 0 Å². The second kappa shape index (κ2) is 3.53. The smallest absolute Gasteiger partial charge is 0.255 e. The highest BCUT2D eigenvalue weighted by molar-refractivity contribution is 5.93. The molecular formula is C7H8N4O. The van der Waals surface area contributed by atoms with Crippen LogP contribution >= 0.6 is 0 Å². The Bertz CT molecular complexity index is 298. The normalized spacial score (nSPS) is 11.7. The van der Waals surface area contributed by atoms with Crippen LogP contribution in [-0.2, 0) is 0 Å². The lowest BCUT2D eigenvalue weighted by molar-refractivity contribution is 0.0948. The molecule has 12 heavy (non-hydrogen) atoms. The third-order valence-electron chi connectivity index (χ3n) is 1.30. The molecule has 1 heterocycles. The van der Waals surface area contributed by atoms with Gasteiger partial charge in [0.05, 0.1) is 17.8 Å². The first-order valence-corrected chi connectivity index (χ1v) is 3.43. The van der Waals surface area contributed by atoms with Crippen molar-refractivity contribution in [1.82, 2.24) is 15.5 Å². The van der Waals surface area contributed by atoms with Crippen molar-refractivity contribution in [2.24, 2.45) is 0 Å². The number of carbonyl (C=O) groups is 1. The van der Waals surface area contributed by atoms with Gasteiger partial charge in [-0.25, -0.2) is 0 Å². The first-order chi connectivity index (χ1) is 5.74. The Morgan fingerprint density at radius 2 is 2.67 bits per heavy atom. The summed E-state index contributed by atoms with van der Waals surface area (Å²) >= 11 is 0. The van der Waals surface area contributed by atoms with E-state index >= 15 is 0 Å². The zero-order valence-corrected chi connectivity index (χ0v) is 6.53. The molecule has 62 valence electrons. The van der Waals surface area contributed by atoms with E-state index in [9.17, 15) is 4.79 Å². The fourth-order valence-electron chi connectivity index (χ4n) is 0.687. The number of aromatic nitrogens is 2. The van der Waals surface area contributed by atoms with E-state index in [1.54, 1.807) is 6.92 Å². The first kappa shape index (κ1) is 8.27. The highest BCUT2D eigenvalue weighted by Crippen LogP contribution is 1.93. The number of nitrogens with zero attached hydrogens (tertiary/aromatic N) is 2. The molecule has 1 aromatic rings. The molecular weight excluding hydrogens is 156 g/mol. The van der Waals surface area contributed by atoms with Gasteiger partial charge in [-0.05, 0) is 6.92 Å². The maximum absolute atomic E-state index is 11.2. The molecule has 5 nitrogen and oxygen atoms in total. The maximum atomic E-state index is 11.2. The second-order valence-electron chi connectivity index (χ2n) is 2.31. The van der Waals surface area contributed by atoms with Crippen LogP contribution in [0.3, 0.4) is 0 Å². The van der Waals surface area contributed by atoms with Crippen LogP contribution in [0.5, 0.6) is 0 Å². The Balaban J connectivity index is 2.57. The lowest BCUT2D eigenvalue weighted by Crippen LogP contribution is -2.30. The summed E-state index contributed by atoms with van der Waals surface area (Å²) < 4.78 is 0. The van der Waals surface area contributed by atoms with E-state index in [0.717, 1.165) is 0 Å². The molecule has 1 unspecified atom stereocenters. The van der Waals surface area contributed by atoms with Crippen LogP contribution in [0.4, 0.5) is 0 Å². The van der Waals surface area contributed by atoms with Gasteiger partial charge in [-0.15, -0.1) is 0 Å².